The summed E-state index contributed by atoms with van der Waals surface area (Å²) in [5, 5.41) is 8.98. The van der Waals surface area contributed by atoms with Gasteiger partial charge in [-0.25, -0.2) is 4.79 Å². The Morgan fingerprint density at radius 2 is 1.82 bits per heavy atom. The molecule has 3 heterocycles. The molecule has 2 N–H and O–H groups in total. The van der Waals surface area contributed by atoms with Gasteiger partial charge in [0.05, 0.1) is 24.5 Å². The summed E-state index contributed by atoms with van der Waals surface area (Å²) in [7, 11) is 3.90. The lowest BCUT2D eigenvalue weighted by Gasteiger charge is -2.43. The lowest BCUT2D eigenvalue weighted by atomic mass is 9.93. The molecule has 40 heavy (non-hydrogen) atoms. The maximum Gasteiger partial charge on any atom is 0.326 e. The van der Waals surface area contributed by atoms with E-state index < -0.39 is 0 Å². The topological polar surface area (TPSA) is 69.7 Å². The molecule has 0 radical (unpaired) electrons. The number of rotatable bonds is 4. The van der Waals surface area contributed by atoms with Crippen molar-refractivity contribution in [1.29, 1.82) is 0 Å². The largest absolute Gasteiger partial charge is 0.496 e. The number of nitrogens with zero attached hydrogens (tertiary/aromatic N) is 3. The number of pyridine rings is 1. The van der Waals surface area contributed by atoms with Gasteiger partial charge in [-0.15, -0.1) is 0 Å². The number of anilines is 2. The number of nitrogens with one attached hydrogen (secondary N) is 2. The molecule has 1 aromatic heterocycles. The summed E-state index contributed by atoms with van der Waals surface area (Å²) in [5.41, 5.74) is 6.91. The second-order valence-electron chi connectivity index (χ2n) is 11.1. The van der Waals surface area contributed by atoms with Crippen molar-refractivity contribution in [3.63, 3.8) is 0 Å². The smallest absolute Gasteiger partial charge is 0.326 e. The molecule has 3 aromatic carbocycles. The van der Waals surface area contributed by atoms with E-state index in [0.29, 0.717) is 12.6 Å². The number of carbonyl (C=O) groups excluding carboxylic acids is 1. The first kappa shape index (κ1) is 26.3. The standard InChI is InChI=1S/C33H37N5O2/c1-20-9-6-13-28(35-20)25-11-7-12-26-24(25)10-8-14-29(26)36-33(39)38-16-15-23-17-31(40-5)27(18-30(23)38)32-22(3)37(4)21(2)19-34-32/h6-14,17-18,21-22,32,34H,15-16,19H2,1-5H3,(H,36,39)/t21?,22-,32-/m0/s1. The van der Waals surface area contributed by atoms with Crippen molar-refractivity contribution in [3.8, 4) is 17.0 Å². The van der Waals surface area contributed by atoms with Crippen LogP contribution in [0.4, 0.5) is 16.2 Å². The predicted molar refractivity (Wildman–Crippen MR) is 162 cm³/mol. The van der Waals surface area contributed by atoms with Gasteiger partial charge in [-0.05, 0) is 75.5 Å². The Balaban J connectivity index is 1.32. The van der Waals surface area contributed by atoms with Crippen molar-refractivity contribution >= 4 is 28.2 Å². The number of hydrogen-bond acceptors (Lipinski definition) is 5. The number of piperazine rings is 1. The van der Waals surface area contributed by atoms with Gasteiger partial charge >= 0.3 is 6.03 Å². The molecule has 0 saturated carbocycles. The van der Waals surface area contributed by atoms with Gasteiger partial charge in [-0.3, -0.25) is 14.8 Å². The van der Waals surface area contributed by atoms with E-state index >= 15 is 0 Å². The Labute approximate surface area is 236 Å². The zero-order chi connectivity index (χ0) is 28.0. The van der Waals surface area contributed by atoms with Gasteiger partial charge in [0.15, 0.2) is 0 Å². The minimum absolute atomic E-state index is 0.110. The third-order valence-electron chi connectivity index (χ3n) is 8.69. The third-order valence-corrected chi connectivity index (χ3v) is 8.69. The van der Waals surface area contributed by atoms with Gasteiger partial charge in [0.1, 0.15) is 5.75 Å². The molecule has 1 saturated heterocycles. The number of urea groups is 1. The predicted octanol–water partition coefficient (Wildman–Crippen LogP) is 6.17. The molecule has 7 nitrogen and oxygen atoms in total. The summed E-state index contributed by atoms with van der Waals surface area (Å²) in [6.45, 7) is 8.00. The van der Waals surface area contributed by atoms with E-state index in [2.05, 4.69) is 66.8 Å². The molecule has 0 aliphatic carbocycles. The first-order valence-corrected chi connectivity index (χ1v) is 14.1. The van der Waals surface area contributed by atoms with Crippen LogP contribution in [0.3, 0.4) is 0 Å². The summed E-state index contributed by atoms with van der Waals surface area (Å²) >= 11 is 0. The van der Waals surface area contributed by atoms with Crippen LogP contribution >= 0.6 is 0 Å². The number of benzene rings is 3. The molecule has 206 valence electrons. The number of carbonyl (C=O) groups is 1. The van der Waals surface area contributed by atoms with Crippen LogP contribution in [0.5, 0.6) is 5.75 Å². The summed E-state index contributed by atoms with van der Waals surface area (Å²) in [6, 6.07) is 23.3. The number of fused-ring (bicyclic) bond motifs is 2. The number of ether oxygens (including phenoxy) is 1. The molecule has 1 fully saturated rings. The van der Waals surface area contributed by atoms with Crippen molar-refractivity contribution in [3.05, 3.63) is 83.6 Å². The highest BCUT2D eigenvalue weighted by Gasteiger charge is 2.34. The molecule has 1 unspecified atom stereocenters. The van der Waals surface area contributed by atoms with Gasteiger partial charge in [-0.2, -0.15) is 0 Å². The molecule has 2 aliphatic heterocycles. The van der Waals surface area contributed by atoms with Crippen LogP contribution in [0.1, 0.15) is 36.7 Å². The molecule has 7 heteroatoms. The van der Waals surface area contributed by atoms with Gasteiger partial charge in [0.2, 0.25) is 0 Å². The van der Waals surface area contributed by atoms with E-state index in [1.54, 1.807) is 7.11 Å². The fourth-order valence-electron chi connectivity index (χ4n) is 6.20. The molecule has 6 rings (SSSR count). The third kappa shape index (κ3) is 4.59. The summed E-state index contributed by atoms with van der Waals surface area (Å²) < 4.78 is 5.85. The Hall–Kier alpha value is -3.94. The number of likely N-dealkylation sites (N-methyl/N-ethyl adjacent to an activating group) is 1. The molecule has 0 spiro atoms. The van der Waals surface area contributed by atoms with Crippen molar-refractivity contribution in [1.82, 2.24) is 15.2 Å². The van der Waals surface area contributed by atoms with Crippen LogP contribution in [0.15, 0.2) is 66.7 Å². The van der Waals surface area contributed by atoms with Crippen LogP contribution in [0, 0.1) is 6.92 Å². The Morgan fingerprint density at radius 1 is 1.05 bits per heavy atom. The highest BCUT2D eigenvalue weighted by atomic mass is 16.5. The molecular weight excluding hydrogens is 498 g/mol. The van der Waals surface area contributed by atoms with Crippen LogP contribution in [0.25, 0.3) is 22.0 Å². The summed E-state index contributed by atoms with van der Waals surface area (Å²) in [6.07, 6.45) is 0.794. The minimum Gasteiger partial charge on any atom is -0.496 e. The van der Waals surface area contributed by atoms with E-state index in [0.717, 1.165) is 68.9 Å². The fraction of sp³-hybridized carbons (Fsp3) is 0.333. The molecule has 4 aromatic rings. The number of amides is 2. The number of methoxy groups -OCH3 is 1. The number of hydrogen-bond donors (Lipinski definition) is 2. The zero-order valence-electron chi connectivity index (χ0n) is 23.9. The molecule has 2 aliphatic rings. The van der Waals surface area contributed by atoms with E-state index in [1.807, 2.05) is 48.2 Å². The first-order chi connectivity index (χ1) is 19.4. The van der Waals surface area contributed by atoms with Crippen molar-refractivity contribution in [2.45, 2.75) is 45.3 Å². The second-order valence-corrected chi connectivity index (χ2v) is 11.1. The summed E-state index contributed by atoms with van der Waals surface area (Å²) in [4.78, 5) is 22.8. The zero-order valence-corrected chi connectivity index (χ0v) is 23.9. The minimum atomic E-state index is -0.128. The molecular formula is C33H37N5O2. The number of aryl methyl sites for hydroxylation is 1. The molecule has 0 bridgehead atoms. The summed E-state index contributed by atoms with van der Waals surface area (Å²) in [5.74, 6) is 0.875. The normalized spacial score (nSPS) is 20.9. The fourth-order valence-corrected chi connectivity index (χ4v) is 6.20. The van der Waals surface area contributed by atoms with Crippen LogP contribution in [-0.4, -0.2) is 55.2 Å². The van der Waals surface area contributed by atoms with Crippen LogP contribution < -0.4 is 20.3 Å². The lowest BCUT2D eigenvalue weighted by Crippen LogP contribution is -2.54. The highest BCUT2D eigenvalue weighted by molar-refractivity contribution is 6.10. The van der Waals surface area contributed by atoms with Crippen LogP contribution in [0.2, 0.25) is 0 Å². The SMILES string of the molecule is COc1cc2c(cc1[C@H]1NCC(C)N(C)[C@H]1C)N(C(=O)Nc1cccc3c(-c4cccc(C)n4)cccc13)CC2. The van der Waals surface area contributed by atoms with Crippen molar-refractivity contribution in [2.75, 3.05) is 37.5 Å². The van der Waals surface area contributed by atoms with E-state index in [1.165, 1.54) is 0 Å². The van der Waals surface area contributed by atoms with E-state index in [-0.39, 0.29) is 18.1 Å². The Kier molecular flexibility index (Phi) is 6.94. The molecule has 2 amide bonds. The van der Waals surface area contributed by atoms with E-state index in [9.17, 15) is 4.79 Å². The van der Waals surface area contributed by atoms with Crippen LogP contribution in [-0.2, 0) is 6.42 Å². The van der Waals surface area contributed by atoms with Crippen molar-refractivity contribution < 1.29 is 9.53 Å². The number of aromatic nitrogens is 1. The Bertz CT molecular complexity index is 1580. The average Bonchev–Trinajstić information content (AvgIpc) is 3.38. The maximum atomic E-state index is 13.8. The monoisotopic (exact) mass is 535 g/mol. The average molecular weight is 536 g/mol. The Morgan fingerprint density at radius 3 is 2.62 bits per heavy atom. The first-order valence-electron chi connectivity index (χ1n) is 14.1. The van der Waals surface area contributed by atoms with Gasteiger partial charge < -0.3 is 15.4 Å². The van der Waals surface area contributed by atoms with Crippen molar-refractivity contribution in [2.24, 2.45) is 0 Å². The van der Waals surface area contributed by atoms with E-state index in [4.69, 9.17) is 9.72 Å². The highest BCUT2D eigenvalue weighted by Crippen LogP contribution is 2.40. The van der Waals surface area contributed by atoms with Gasteiger partial charge in [0, 0.05) is 53.1 Å². The lowest BCUT2D eigenvalue weighted by molar-refractivity contribution is 0.110. The van der Waals surface area contributed by atoms with Gasteiger partial charge in [0.25, 0.3) is 0 Å². The van der Waals surface area contributed by atoms with Gasteiger partial charge in [-0.1, -0.05) is 36.4 Å². The molecule has 3 atom stereocenters. The quantitative estimate of drug-likeness (QED) is 0.327. The second kappa shape index (κ2) is 10.6. The maximum absolute atomic E-state index is 13.8.